The average molecular weight is 367 g/mol. The number of carbonyl (C=O) groups excluding carboxylic acids is 2. The number of para-hydroxylation sites is 2. The predicted molar refractivity (Wildman–Crippen MR) is 107 cm³/mol. The molecule has 1 saturated heterocycles. The van der Waals surface area contributed by atoms with Gasteiger partial charge in [0.15, 0.2) is 0 Å². The number of rotatable bonds is 4. The van der Waals surface area contributed by atoms with Crippen molar-refractivity contribution in [3.63, 3.8) is 0 Å². The molecule has 134 valence electrons. The number of hydrogen-bond donors (Lipinski definition) is 0. The molecule has 1 heterocycles. The highest BCUT2D eigenvalue weighted by Gasteiger charge is 2.39. The molecule has 3 rings (SSSR count). The Hall–Kier alpha value is -2.53. The Labute approximate surface area is 157 Å². The third kappa shape index (κ3) is 3.27. The lowest BCUT2D eigenvalue weighted by molar-refractivity contribution is -0.113. The predicted octanol–water partition coefficient (Wildman–Crippen LogP) is 5.33. The zero-order valence-electron chi connectivity index (χ0n) is 15.3. The summed E-state index contributed by atoms with van der Waals surface area (Å²) < 4.78 is 5.58. The summed E-state index contributed by atoms with van der Waals surface area (Å²) in [6.45, 7) is 8.30. The minimum atomic E-state index is -0.305. The van der Waals surface area contributed by atoms with Crippen LogP contribution in [0.3, 0.4) is 0 Å². The lowest BCUT2D eigenvalue weighted by Gasteiger charge is -2.17. The first kappa shape index (κ1) is 18.3. The van der Waals surface area contributed by atoms with Crippen molar-refractivity contribution in [2.24, 2.45) is 0 Å². The fourth-order valence-electron chi connectivity index (χ4n) is 2.83. The fraction of sp³-hybridized carbons (Fsp3) is 0.238. The molecule has 1 aliphatic heterocycles. The van der Waals surface area contributed by atoms with Gasteiger partial charge in [-0.2, -0.15) is 0 Å². The zero-order valence-corrected chi connectivity index (χ0v) is 16.1. The van der Waals surface area contributed by atoms with E-state index in [-0.39, 0.29) is 11.1 Å². The van der Waals surface area contributed by atoms with Crippen LogP contribution in [0.5, 0.6) is 5.75 Å². The Morgan fingerprint density at radius 1 is 1.08 bits per heavy atom. The number of amides is 2. The number of aryl methyl sites for hydroxylation is 2. The van der Waals surface area contributed by atoms with E-state index in [2.05, 4.69) is 0 Å². The number of hydrogen-bond acceptors (Lipinski definition) is 4. The molecule has 26 heavy (non-hydrogen) atoms. The SMILES string of the molecule is CCOc1ccccc1N1C(=O)S/C(=C(/C)c2ccc(C)c(C)c2)C1=O. The normalized spacial score (nSPS) is 16.2. The smallest absolute Gasteiger partial charge is 0.298 e. The van der Waals surface area contributed by atoms with E-state index in [1.165, 1.54) is 10.5 Å². The lowest BCUT2D eigenvalue weighted by Crippen LogP contribution is -2.28. The first-order valence-corrected chi connectivity index (χ1v) is 9.32. The van der Waals surface area contributed by atoms with Crippen LogP contribution in [0, 0.1) is 13.8 Å². The van der Waals surface area contributed by atoms with Gasteiger partial charge in [0.05, 0.1) is 17.2 Å². The summed E-state index contributed by atoms with van der Waals surface area (Å²) in [4.78, 5) is 27.3. The molecule has 4 nitrogen and oxygen atoms in total. The number of allylic oxidation sites excluding steroid dienone is 1. The van der Waals surface area contributed by atoms with Gasteiger partial charge in [-0.3, -0.25) is 9.59 Å². The Bertz CT molecular complexity index is 917. The van der Waals surface area contributed by atoms with Crippen molar-refractivity contribution in [1.82, 2.24) is 0 Å². The third-order valence-electron chi connectivity index (χ3n) is 4.46. The number of imide groups is 1. The van der Waals surface area contributed by atoms with E-state index in [0.29, 0.717) is 22.9 Å². The van der Waals surface area contributed by atoms with Gasteiger partial charge in [-0.05, 0) is 73.9 Å². The van der Waals surface area contributed by atoms with Crippen LogP contribution in [0.25, 0.3) is 5.57 Å². The minimum absolute atomic E-state index is 0.303. The highest BCUT2D eigenvalue weighted by atomic mass is 32.2. The van der Waals surface area contributed by atoms with Crippen LogP contribution in [-0.2, 0) is 4.79 Å². The van der Waals surface area contributed by atoms with Crippen LogP contribution in [0.2, 0.25) is 0 Å². The fourth-order valence-corrected chi connectivity index (χ4v) is 3.73. The van der Waals surface area contributed by atoms with Gasteiger partial charge in [0, 0.05) is 0 Å². The zero-order chi connectivity index (χ0) is 18.8. The third-order valence-corrected chi connectivity index (χ3v) is 5.50. The number of thioether (sulfide) groups is 1. The van der Waals surface area contributed by atoms with Crippen molar-refractivity contribution in [3.8, 4) is 5.75 Å². The maximum atomic E-state index is 13.0. The van der Waals surface area contributed by atoms with Crippen molar-refractivity contribution in [1.29, 1.82) is 0 Å². The average Bonchev–Trinajstić information content (AvgIpc) is 2.92. The molecule has 0 aliphatic carbocycles. The van der Waals surface area contributed by atoms with Gasteiger partial charge in [0.2, 0.25) is 0 Å². The number of anilines is 1. The molecule has 1 aliphatic rings. The van der Waals surface area contributed by atoms with E-state index < -0.39 is 0 Å². The Balaban J connectivity index is 2.02. The van der Waals surface area contributed by atoms with Gasteiger partial charge in [0.1, 0.15) is 5.75 Å². The highest BCUT2D eigenvalue weighted by Crippen LogP contribution is 2.41. The van der Waals surface area contributed by atoms with Crippen molar-refractivity contribution in [2.75, 3.05) is 11.5 Å². The molecule has 0 unspecified atom stereocenters. The summed E-state index contributed by atoms with van der Waals surface area (Å²) in [6.07, 6.45) is 0. The molecule has 0 spiro atoms. The Kier molecular flexibility index (Phi) is 5.18. The number of carbonyl (C=O) groups is 2. The molecular weight excluding hydrogens is 346 g/mol. The van der Waals surface area contributed by atoms with Crippen molar-refractivity contribution >= 4 is 34.2 Å². The summed E-state index contributed by atoms with van der Waals surface area (Å²) in [5, 5.41) is -0.305. The maximum Gasteiger partial charge on any atom is 0.298 e. The topological polar surface area (TPSA) is 46.6 Å². The van der Waals surface area contributed by atoms with Crippen LogP contribution < -0.4 is 9.64 Å². The van der Waals surface area contributed by atoms with Gasteiger partial charge in [-0.15, -0.1) is 0 Å². The molecule has 5 heteroatoms. The second-order valence-corrected chi connectivity index (χ2v) is 7.12. The van der Waals surface area contributed by atoms with Crippen molar-refractivity contribution in [3.05, 3.63) is 64.1 Å². The Morgan fingerprint density at radius 2 is 1.81 bits per heavy atom. The van der Waals surface area contributed by atoms with Gasteiger partial charge in [-0.1, -0.05) is 30.3 Å². The monoisotopic (exact) mass is 367 g/mol. The standard InChI is InChI=1S/C21H21NO3S/c1-5-25-18-9-7-6-8-17(18)22-20(23)19(26-21(22)24)15(4)16-11-10-13(2)14(3)12-16/h6-12H,5H2,1-4H3/b19-15-. The maximum absolute atomic E-state index is 13.0. The van der Waals surface area contributed by atoms with Crippen LogP contribution in [0.4, 0.5) is 10.5 Å². The molecule has 2 aromatic carbocycles. The van der Waals surface area contributed by atoms with Gasteiger partial charge in [0.25, 0.3) is 11.1 Å². The van der Waals surface area contributed by atoms with Gasteiger partial charge < -0.3 is 4.74 Å². The summed E-state index contributed by atoms with van der Waals surface area (Å²) in [6, 6.07) is 13.2. The van der Waals surface area contributed by atoms with Gasteiger partial charge in [-0.25, -0.2) is 4.90 Å². The Morgan fingerprint density at radius 3 is 2.50 bits per heavy atom. The molecule has 0 atom stereocenters. The molecule has 0 aromatic heterocycles. The first-order chi connectivity index (χ1) is 12.4. The molecule has 1 fully saturated rings. The van der Waals surface area contributed by atoms with E-state index in [1.54, 1.807) is 18.2 Å². The van der Waals surface area contributed by atoms with E-state index in [1.807, 2.05) is 52.0 Å². The summed E-state index contributed by atoms with van der Waals surface area (Å²) in [5.74, 6) is 0.227. The number of ether oxygens (including phenoxy) is 1. The minimum Gasteiger partial charge on any atom is -0.492 e. The van der Waals surface area contributed by atoms with Crippen molar-refractivity contribution < 1.29 is 14.3 Å². The van der Waals surface area contributed by atoms with E-state index in [4.69, 9.17) is 4.74 Å². The number of benzene rings is 2. The van der Waals surface area contributed by atoms with E-state index in [9.17, 15) is 9.59 Å². The van der Waals surface area contributed by atoms with Crippen LogP contribution >= 0.6 is 11.8 Å². The highest BCUT2D eigenvalue weighted by molar-refractivity contribution is 8.19. The number of nitrogens with zero attached hydrogens (tertiary/aromatic N) is 1. The van der Waals surface area contributed by atoms with E-state index >= 15 is 0 Å². The first-order valence-electron chi connectivity index (χ1n) is 8.50. The largest absolute Gasteiger partial charge is 0.492 e. The van der Waals surface area contributed by atoms with Crippen molar-refractivity contribution in [2.45, 2.75) is 27.7 Å². The molecule has 0 N–H and O–H groups in total. The molecule has 2 amide bonds. The summed E-state index contributed by atoms with van der Waals surface area (Å²) in [7, 11) is 0. The van der Waals surface area contributed by atoms with Crippen LogP contribution in [-0.4, -0.2) is 17.8 Å². The molecule has 2 aromatic rings. The summed E-state index contributed by atoms with van der Waals surface area (Å²) in [5.41, 5.74) is 4.60. The molecule has 0 radical (unpaired) electrons. The lowest BCUT2D eigenvalue weighted by atomic mass is 10.0. The van der Waals surface area contributed by atoms with Crippen LogP contribution in [0.1, 0.15) is 30.5 Å². The second kappa shape index (κ2) is 7.38. The molecule has 0 saturated carbocycles. The van der Waals surface area contributed by atoms with Gasteiger partial charge >= 0.3 is 0 Å². The molecular formula is C21H21NO3S. The summed E-state index contributed by atoms with van der Waals surface area (Å²) >= 11 is 0.978. The quantitative estimate of drug-likeness (QED) is 0.685. The molecule has 0 bridgehead atoms. The second-order valence-electron chi connectivity index (χ2n) is 6.16. The van der Waals surface area contributed by atoms with E-state index in [0.717, 1.165) is 28.5 Å². The van der Waals surface area contributed by atoms with Crippen LogP contribution in [0.15, 0.2) is 47.4 Å².